The Labute approximate surface area is 132 Å². The quantitative estimate of drug-likeness (QED) is 0.785. The minimum atomic E-state index is -4.71. The number of nitrogens with one attached hydrogen (secondary N) is 1. The van der Waals surface area contributed by atoms with E-state index in [9.17, 15) is 13.2 Å². The van der Waals surface area contributed by atoms with E-state index in [4.69, 9.17) is 5.26 Å². The van der Waals surface area contributed by atoms with Crippen LogP contribution in [0.3, 0.4) is 0 Å². The molecular formula is C14H7F3N4OS. The number of halogens is 3. The van der Waals surface area contributed by atoms with Crippen LogP contribution in [0.25, 0.3) is 21.0 Å². The summed E-state index contributed by atoms with van der Waals surface area (Å²) in [5, 5.41) is 19.0. The summed E-state index contributed by atoms with van der Waals surface area (Å²) in [5.74, 6) is -0.277. The van der Waals surface area contributed by atoms with Crippen molar-refractivity contribution < 1.29 is 17.9 Å². The highest BCUT2D eigenvalue weighted by Crippen LogP contribution is 2.35. The Balaban J connectivity index is 1.85. The molecule has 116 valence electrons. The molecule has 0 aliphatic rings. The maximum absolute atomic E-state index is 12.1. The topological polar surface area (TPSA) is 74.6 Å². The molecule has 0 aliphatic carbocycles. The van der Waals surface area contributed by atoms with Gasteiger partial charge in [0.25, 0.3) is 0 Å². The van der Waals surface area contributed by atoms with Gasteiger partial charge in [-0.15, -0.1) is 29.6 Å². The Kier molecular flexibility index (Phi) is 3.75. The van der Waals surface area contributed by atoms with Crippen LogP contribution in [-0.2, 0) is 0 Å². The van der Waals surface area contributed by atoms with E-state index in [1.165, 1.54) is 35.6 Å². The zero-order valence-electron chi connectivity index (χ0n) is 11.3. The molecule has 2 aromatic heterocycles. The molecule has 0 aliphatic heterocycles. The lowest BCUT2D eigenvalue weighted by atomic mass is 10.2. The lowest BCUT2D eigenvalue weighted by Gasteiger charge is -2.08. The van der Waals surface area contributed by atoms with Crippen LogP contribution in [0.15, 0.2) is 36.4 Å². The van der Waals surface area contributed by atoms with Crippen molar-refractivity contribution in [2.24, 2.45) is 0 Å². The Morgan fingerprint density at radius 2 is 1.74 bits per heavy atom. The number of alkyl halides is 3. The zero-order chi connectivity index (χ0) is 16.4. The second kappa shape index (κ2) is 5.73. The van der Waals surface area contributed by atoms with Gasteiger partial charge in [-0.2, -0.15) is 15.6 Å². The molecule has 0 saturated heterocycles. The number of rotatable bonds is 3. The Hall–Kier alpha value is -2.86. The van der Waals surface area contributed by atoms with E-state index >= 15 is 0 Å². The normalized spacial score (nSPS) is 11.2. The molecule has 2 heterocycles. The summed E-state index contributed by atoms with van der Waals surface area (Å²) in [6.07, 6.45) is -4.71. The molecule has 0 radical (unpaired) electrons. The van der Waals surface area contributed by atoms with Crippen molar-refractivity contribution in [1.82, 2.24) is 15.4 Å². The van der Waals surface area contributed by atoms with Gasteiger partial charge in [0.2, 0.25) is 0 Å². The van der Waals surface area contributed by atoms with Crippen molar-refractivity contribution in [2.75, 3.05) is 0 Å². The van der Waals surface area contributed by atoms with Gasteiger partial charge in [-0.05, 0) is 42.0 Å². The van der Waals surface area contributed by atoms with Gasteiger partial charge >= 0.3 is 6.36 Å². The first-order chi connectivity index (χ1) is 11.0. The number of benzene rings is 1. The fraction of sp³-hybridized carbons (Fsp3) is 0.0714. The van der Waals surface area contributed by atoms with Crippen LogP contribution < -0.4 is 4.74 Å². The molecular weight excluding hydrogens is 329 g/mol. The molecule has 0 atom stereocenters. The number of hydrogen-bond donors (Lipinski definition) is 1. The molecule has 3 rings (SSSR count). The van der Waals surface area contributed by atoms with E-state index in [1.807, 2.05) is 6.07 Å². The number of nitrogens with zero attached hydrogens (tertiary/aromatic N) is 3. The summed E-state index contributed by atoms with van der Waals surface area (Å²) in [6, 6.07) is 11.1. The summed E-state index contributed by atoms with van der Waals surface area (Å²) in [6.45, 7) is 0. The van der Waals surface area contributed by atoms with E-state index in [1.54, 1.807) is 12.1 Å². The lowest BCUT2D eigenvalue weighted by Crippen LogP contribution is -2.16. The molecule has 0 fully saturated rings. The molecule has 1 aromatic carbocycles. The van der Waals surface area contributed by atoms with Gasteiger partial charge in [-0.3, -0.25) is 0 Å². The molecule has 0 saturated carbocycles. The average molecular weight is 336 g/mol. The van der Waals surface area contributed by atoms with Crippen molar-refractivity contribution in [3.8, 4) is 32.8 Å². The minimum absolute atomic E-state index is 0.187. The summed E-state index contributed by atoms with van der Waals surface area (Å²) in [7, 11) is 0. The maximum atomic E-state index is 12.1. The van der Waals surface area contributed by atoms with E-state index < -0.39 is 6.36 Å². The standard InChI is InChI=1S/C14H7F3N4OS/c15-14(16,17)22-9-3-1-8(2-4-9)11-5-6-12(23-11)13-10(7-18)19-21-20-13/h1-6H,(H,19,20,21). The molecule has 0 unspecified atom stereocenters. The molecule has 0 spiro atoms. The molecule has 0 amide bonds. The van der Waals surface area contributed by atoms with Crippen molar-refractivity contribution >= 4 is 11.3 Å². The van der Waals surface area contributed by atoms with Crippen LogP contribution in [0.4, 0.5) is 13.2 Å². The first kappa shape index (κ1) is 15.1. The number of H-pyrrole nitrogens is 1. The molecule has 9 heteroatoms. The van der Waals surface area contributed by atoms with Gasteiger partial charge in [0.1, 0.15) is 17.5 Å². The van der Waals surface area contributed by atoms with E-state index in [2.05, 4.69) is 20.1 Å². The SMILES string of the molecule is N#Cc1n[nH]nc1-c1ccc(-c2ccc(OC(F)(F)F)cc2)s1. The predicted molar refractivity (Wildman–Crippen MR) is 76.5 cm³/mol. The fourth-order valence-electron chi connectivity index (χ4n) is 1.92. The zero-order valence-corrected chi connectivity index (χ0v) is 12.1. The van der Waals surface area contributed by atoms with Crippen LogP contribution in [0.1, 0.15) is 5.69 Å². The second-order valence-electron chi connectivity index (χ2n) is 4.37. The van der Waals surface area contributed by atoms with E-state index in [-0.39, 0.29) is 11.4 Å². The number of ether oxygens (including phenoxy) is 1. The monoisotopic (exact) mass is 336 g/mol. The summed E-state index contributed by atoms with van der Waals surface area (Å²) in [5.41, 5.74) is 1.37. The third-order valence-electron chi connectivity index (χ3n) is 2.87. The van der Waals surface area contributed by atoms with Gasteiger partial charge in [-0.25, -0.2) is 0 Å². The highest BCUT2D eigenvalue weighted by molar-refractivity contribution is 7.18. The largest absolute Gasteiger partial charge is 0.573 e. The van der Waals surface area contributed by atoms with Crippen LogP contribution in [0.5, 0.6) is 5.75 Å². The van der Waals surface area contributed by atoms with Crippen molar-refractivity contribution in [3.63, 3.8) is 0 Å². The molecule has 23 heavy (non-hydrogen) atoms. The Morgan fingerprint density at radius 1 is 1.04 bits per heavy atom. The third kappa shape index (κ3) is 3.32. The predicted octanol–water partition coefficient (Wildman–Crippen LogP) is 3.97. The van der Waals surface area contributed by atoms with Gasteiger partial charge in [0.15, 0.2) is 5.69 Å². The fourth-order valence-corrected chi connectivity index (χ4v) is 2.92. The van der Waals surface area contributed by atoms with Crippen LogP contribution in [0.2, 0.25) is 0 Å². The van der Waals surface area contributed by atoms with Crippen LogP contribution in [0, 0.1) is 11.3 Å². The summed E-state index contributed by atoms with van der Waals surface area (Å²) < 4.78 is 40.2. The van der Waals surface area contributed by atoms with E-state index in [0.717, 1.165) is 15.3 Å². The molecule has 1 N–H and O–H groups in total. The Bertz CT molecular complexity index is 861. The second-order valence-corrected chi connectivity index (χ2v) is 5.45. The van der Waals surface area contributed by atoms with Gasteiger partial charge in [-0.1, -0.05) is 0 Å². The van der Waals surface area contributed by atoms with Crippen LogP contribution >= 0.6 is 11.3 Å². The maximum Gasteiger partial charge on any atom is 0.573 e. The number of hydrogen-bond acceptors (Lipinski definition) is 5. The molecule has 0 bridgehead atoms. The highest BCUT2D eigenvalue weighted by Gasteiger charge is 2.30. The third-order valence-corrected chi connectivity index (χ3v) is 4.01. The van der Waals surface area contributed by atoms with Gasteiger partial charge in [0.05, 0.1) is 4.88 Å². The van der Waals surface area contributed by atoms with Gasteiger partial charge in [0, 0.05) is 4.88 Å². The smallest absolute Gasteiger partial charge is 0.406 e. The molecule has 3 aromatic rings. The van der Waals surface area contributed by atoms with Crippen molar-refractivity contribution in [1.29, 1.82) is 5.26 Å². The van der Waals surface area contributed by atoms with Crippen LogP contribution in [-0.4, -0.2) is 21.8 Å². The van der Waals surface area contributed by atoms with E-state index in [0.29, 0.717) is 5.69 Å². The highest BCUT2D eigenvalue weighted by atomic mass is 32.1. The summed E-state index contributed by atoms with van der Waals surface area (Å²) >= 11 is 1.36. The first-order valence-corrected chi connectivity index (χ1v) is 7.05. The first-order valence-electron chi connectivity index (χ1n) is 6.23. The lowest BCUT2D eigenvalue weighted by molar-refractivity contribution is -0.274. The number of aromatic amines is 1. The molecule has 5 nitrogen and oxygen atoms in total. The minimum Gasteiger partial charge on any atom is -0.406 e. The van der Waals surface area contributed by atoms with Gasteiger partial charge < -0.3 is 4.74 Å². The van der Waals surface area contributed by atoms with Crippen molar-refractivity contribution in [2.45, 2.75) is 6.36 Å². The number of aromatic nitrogens is 3. The average Bonchev–Trinajstić information content (AvgIpc) is 3.15. The van der Waals surface area contributed by atoms with Crippen molar-refractivity contribution in [3.05, 3.63) is 42.1 Å². The number of nitriles is 1. The summed E-state index contributed by atoms with van der Waals surface area (Å²) in [4.78, 5) is 1.56. The Morgan fingerprint density at radius 3 is 2.39 bits per heavy atom. The number of thiophene rings is 1.